The summed E-state index contributed by atoms with van der Waals surface area (Å²) in [5, 5.41) is 10.9. The van der Waals surface area contributed by atoms with E-state index in [4.69, 9.17) is 11.6 Å². The normalized spacial score (nSPS) is 17.3. The van der Waals surface area contributed by atoms with Gasteiger partial charge in [-0.1, -0.05) is 25.1 Å². The molecule has 35 heavy (non-hydrogen) atoms. The van der Waals surface area contributed by atoms with Crippen molar-refractivity contribution in [2.45, 2.75) is 50.5 Å². The van der Waals surface area contributed by atoms with Crippen molar-refractivity contribution in [2.24, 2.45) is 0 Å². The smallest absolute Gasteiger partial charge is 0.259 e. The van der Waals surface area contributed by atoms with E-state index in [2.05, 4.69) is 25.5 Å². The number of carbonyl (C=O) groups is 1. The van der Waals surface area contributed by atoms with Crippen LogP contribution in [-0.2, 0) is 4.79 Å². The van der Waals surface area contributed by atoms with Crippen LogP contribution >= 0.6 is 11.6 Å². The second kappa shape index (κ2) is 10.1. The number of alkyl halides is 1. The zero-order valence-corrected chi connectivity index (χ0v) is 20.1. The summed E-state index contributed by atoms with van der Waals surface area (Å²) in [5.74, 6) is -0.0754. The number of rotatable bonds is 9. The highest BCUT2D eigenvalue weighted by atomic mass is 35.5. The van der Waals surface area contributed by atoms with Crippen LogP contribution in [0.1, 0.15) is 61.7 Å². The molecule has 3 heterocycles. The van der Waals surface area contributed by atoms with Crippen molar-refractivity contribution in [3.8, 4) is 11.5 Å². The molecule has 1 unspecified atom stereocenters. The van der Waals surface area contributed by atoms with Gasteiger partial charge in [0.05, 0.1) is 5.57 Å². The van der Waals surface area contributed by atoms with E-state index >= 15 is 0 Å². The number of nitrogens with zero attached hydrogens (tertiary/aromatic N) is 5. The number of nitrogens with one attached hydrogen (secondary N) is 1. The van der Waals surface area contributed by atoms with E-state index in [1.54, 1.807) is 30.7 Å². The van der Waals surface area contributed by atoms with E-state index in [1.807, 2.05) is 29.7 Å². The van der Waals surface area contributed by atoms with Gasteiger partial charge in [-0.25, -0.2) is 9.37 Å². The summed E-state index contributed by atoms with van der Waals surface area (Å²) in [4.78, 5) is 22.2. The summed E-state index contributed by atoms with van der Waals surface area (Å²) >= 11 is 5.72. The summed E-state index contributed by atoms with van der Waals surface area (Å²) in [5.41, 5.74) is 2.47. The molecule has 7 nitrogen and oxygen atoms in total. The Kier molecular flexibility index (Phi) is 6.72. The summed E-state index contributed by atoms with van der Waals surface area (Å²) in [6.45, 7) is 1.90. The maximum atomic E-state index is 14.9. The average molecular weight is 493 g/mol. The van der Waals surface area contributed by atoms with Crippen molar-refractivity contribution in [3.63, 3.8) is 0 Å². The lowest BCUT2D eigenvalue weighted by molar-refractivity contribution is -0.112. The van der Waals surface area contributed by atoms with Crippen LogP contribution in [-0.4, -0.2) is 36.5 Å². The van der Waals surface area contributed by atoms with Gasteiger partial charge in [0.2, 0.25) is 0 Å². The van der Waals surface area contributed by atoms with Gasteiger partial charge in [-0.15, -0.1) is 21.8 Å². The third-order valence-corrected chi connectivity index (χ3v) is 6.39. The first kappa shape index (κ1) is 23.4. The minimum atomic E-state index is -0.684. The fraction of sp³-hybridized carbons (Fsp3) is 0.346. The molecule has 2 aliphatic carbocycles. The molecule has 0 bridgehead atoms. The van der Waals surface area contributed by atoms with Gasteiger partial charge < -0.3 is 9.88 Å². The highest BCUT2D eigenvalue weighted by Gasteiger charge is 2.27. The lowest BCUT2D eigenvalue weighted by Gasteiger charge is -2.12. The van der Waals surface area contributed by atoms with Crippen LogP contribution in [0, 0.1) is 0 Å². The number of aromatic nitrogens is 5. The quantitative estimate of drug-likeness (QED) is 0.235. The van der Waals surface area contributed by atoms with Crippen LogP contribution in [0.2, 0.25) is 0 Å². The topological polar surface area (TPSA) is 85.6 Å². The van der Waals surface area contributed by atoms with Gasteiger partial charge in [-0.3, -0.25) is 9.78 Å². The molecule has 0 saturated heterocycles. The van der Waals surface area contributed by atoms with Gasteiger partial charge in [-0.05, 0) is 55.5 Å². The number of hydrogen-bond acceptors (Lipinski definition) is 5. The van der Waals surface area contributed by atoms with E-state index in [1.165, 1.54) is 18.9 Å². The van der Waals surface area contributed by atoms with Crippen molar-refractivity contribution in [3.05, 3.63) is 77.7 Å². The number of amides is 1. The Balaban J connectivity index is 1.37. The zero-order valence-electron chi connectivity index (χ0n) is 19.4. The Morgan fingerprint density at radius 2 is 2.09 bits per heavy atom. The summed E-state index contributed by atoms with van der Waals surface area (Å²) in [6, 6.07) is 9.62. The number of allylic oxidation sites excluding steroid dienone is 2. The highest BCUT2D eigenvalue weighted by Crippen LogP contribution is 2.39. The predicted molar refractivity (Wildman–Crippen MR) is 133 cm³/mol. The molecule has 2 aliphatic rings. The standard InChI is InChI=1S/C26H26ClFN6O/c1-16(18-7-10-22(29-14-18)17-5-6-17)13-20(21(28)11-12-27)26(35)32-24-4-2-3-23(31-24)25-33-30-15-34(25)19-8-9-19/h2-4,7,10-11,13-17,19H,5-6,8-9,12H2,1H3,(H,31,32,35)/b20-13+,21-11+. The molecular formula is C26H26ClFN6O. The summed E-state index contributed by atoms with van der Waals surface area (Å²) < 4.78 is 16.9. The molecule has 1 amide bonds. The average Bonchev–Trinajstić information content (AvgIpc) is 3.81. The van der Waals surface area contributed by atoms with Gasteiger partial charge in [0.15, 0.2) is 5.82 Å². The molecule has 1 atom stereocenters. The van der Waals surface area contributed by atoms with Gasteiger partial charge in [-0.2, -0.15) is 0 Å². The van der Waals surface area contributed by atoms with Crippen molar-refractivity contribution < 1.29 is 9.18 Å². The molecular weight excluding hydrogens is 467 g/mol. The molecule has 9 heteroatoms. The Labute approximate surface area is 208 Å². The number of carbonyl (C=O) groups excluding carboxylic acids is 1. The lowest BCUT2D eigenvalue weighted by atomic mass is 9.98. The van der Waals surface area contributed by atoms with E-state index in [0.717, 1.165) is 24.1 Å². The van der Waals surface area contributed by atoms with Crippen molar-refractivity contribution >= 4 is 23.3 Å². The number of hydrogen-bond donors (Lipinski definition) is 1. The Bertz CT molecular complexity index is 1280. The Morgan fingerprint density at radius 3 is 2.77 bits per heavy atom. The minimum absolute atomic E-state index is 0.0486. The van der Waals surface area contributed by atoms with Crippen molar-refractivity contribution in [2.75, 3.05) is 11.2 Å². The molecule has 0 radical (unpaired) electrons. The maximum absolute atomic E-state index is 14.9. The predicted octanol–water partition coefficient (Wildman–Crippen LogP) is 5.71. The second-order valence-corrected chi connectivity index (χ2v) is 9.33. The van der Waals surface area contributed by atoms with E-state index in [0.29, 0.717) is 29.3 Å². The first-order chi connectivity index (χ1) is 17.0. The van der Waals surface area contributed by atoms with E-state index in [-0.39, 0.29) is 17.4 Å². The molecule has 2 fully saturated rings. The van der Waals surface area contributed by atoms with Gasteiger partial charge in [0.25, 0.3) is 5.91 Å². The Hall–Kier alpha value is -3.39. The highest BCUT2D eigenvalue weighted by molar-refractivity contribution is 6.19. The molecule has 0 aliphatic heterocycles. The molecule has 0 aromatic carbocycles. The fourth-order valence-corrected chi connectivity index (χ4v) is 4.09. The molecule has 3 aromatic rings. The van der Waals surface area contributed by atoms with E-state index < -0.39 is 11.7 Å². The number of halogens is 2. The first-order valence-corrected chi connectivity index (χ1v) is 12.3. The molecule has 180 valence electrons. The molecule has 5 rings (SSSR count). The van der Waals surface area contributed by atoms with E-state index in [9.17, 15) is 9.18 Å². The van der Waals surface area contributed by atoms with Crippen molar-refractivity contribution in [1.82, 2.24) is 24.7 Å². The molecule has 2 saturated carbocycles. The monoisotopic (exact) mass is 492 g/mol. The van der Waals surface area contributed by atoms with Crippen LogP contribution < -0.4 is 5.32 Å². The van der Waals surface area contributed by atoms with Crippen LogP contribution in [0.15, 0.2) is 66.4 Å². The van der Waals surface area contributed by atoms with Crippen LogP contribution in [0.3, 0.4) is 0 Å². The van der Waals surface area contributed by atoms with Crippen LogP contribution in [0.25, 0.3) is 11.5 Å². The van der Waals surface area contributed by atoms with Crippen LogP contribution in [0.4, 0.5) is 10.2 Å². The number of pyridine rings is 2. The van der Waals surface area contributed by atoms with Gasteiger partial charge in [0, 0.05) is 35.6 Å². The molecule has 0 spiro atoms. The first-order valence-electron chi connectivity index (χ1n) is 11.8. The molecule has 3 aromatic heterocycles. The van der Waals surface area contributed by atoms with Gasteiger partial charge in [0.1, 0.15) is 23.7 Å². The fourth-order valence-electron chi connectivity index (χ4n) is 3.95. The third-order valence-electron chi connectivity index (χ3n) is 6.24. The van der Waals surface area contributed by atoms with Crippen LogP contribution in [0.5, 0.6) is 0 Å². The number of anilines is 1. The van der Waals surface area contributed by atoms with Gasteiger partial charge >= 0.3 is 0 Å². The molecule has 1 N–H and O–H groups in total. The Morgan fingerprint density at radius 1 is 1.26 bits per heavy atom. The SMILES string of the molecule is CC(/C=C(C(=O)Nc1cccc(-c2nncn2C2CC2)n1)\C(F)=C/CCl)c1ccc(C2CC2)nc1. The maximum Gasteiger partial charge on any atom is 0.259 e. The largest absolute Gasteiger partial charge is 0.309 e. The second-order valence-electron chi connectivity index (χ2n) is 9.02. The summed E-state index contributed by atoms with van der Waals surface area (Å²) in [7, 11) is 0. The zero-order chi connectivity index (χ0) is 24.4. The van der Waals surface area contributed by atoms with Crippen molar-refractivity contribution in [1.29, 1.82) is 0 Å². The summed E-state index contributed by atoms with van der Waals surface area (Å²) in [6.07, 6.45) is 10.8. The minimum Gasteiger partial charge on any atom is -0.309 e. The third kappa shape index (κ3) is 5.48. The lowest BCUT2D eigenvalue weighted by Crippen LogP contribution is -2.17.